The predicted octanol–water partition coefficient (Wildman–Crippen LogP) is -0.973. The maximum atomic E-state index is 12.2. The van der Waals surface area contributed by atoms with Crippen molar-refractivity contribution >= 4 is 11.9 Å². The second kappa shape index (κ2) is 6.78. The SMILES string of the molecule is COc1ccc(-c2ccc(C(=O)[O-])c(=O)n2CCC(=O)[O-])cc1. The number of carboxylic acid groups (broad SMARTS) is 2. The Labute approximate surface area is 131 Å². The summed E-state index contributed by atoms with van der Waals surface area (Å²) >= 11 is 0. The van der Waals surface area contributed by atoms with Crippen LogP contribution in [0.25, 0.3) is 11.3 Å². The van der Waals surface area contributed by atoms with Gasteiger partial charge in [-0.2, -0.15) is 0 Å². The van der Waals surface area contributed by atoms with Crippen molar-refractivity contribution in [1.29, 1.82) is 0 Å². The standard InChI is InChI=1S/C16H15NO6/c1-23-11-4-2-10(3-5-11)13-7-6-12(16(21)22)15(20)17(13)9-8-14(18)19/h2-7H,8-9H2,1H3,(H,18,19)(H,21,22)/p-2. The van der Waals surface area contributed by atoms with E-state index < -0.39 is 29.5 Å². The number of aliphatic carboxylic acids is 1. The molecule has 0 unspecified atom stereocenters. The second-order valence-electron chi connectivity index (χ2n) is 4.73. The van der Waals surface area contributed by atoms with Crippen molar-refractivity contribution in [3.63, 3.8) is 0 Å². The van der Waals surface area contributed by atoms with Gasteiger partial charge < -0.3 is 29.1 Å². The zero-order valence-electron chi connectivity index (χ0n) is 12.3. The van der Waals surface area contributed by atoms with Gasteiger partial charge >= 0.3 is 0 Å². The summed E-state index contributed by atoms with van der Waals surface area (Å²) in [5.41, 5.74) is -0.338. The van der Waals surface area contributed by atoms with Crippen LogP contribution in [0.5, 0.6) is 5.75 Å². The molecule has 2 aromatic rings. The molecule has 0 aliphatic rings. The summed E-state index contributed by atoms with van der Waals surface area (Å²) in [7, 11) is 1.51. The van der Waals surface area contributed by atoms with Crippen LogP contribution in [0.2, 0.25) is 0 Å². The third-order valence-electron chi connectivity index (χ3n) is 3.32. The number of aromatic nitrogens is 1. The Morgan fingerprint density at radius 2 is 1.74 bits per heavy atom. The number of pyridine rings is 1. The van der Waals surface area contributed by atoms with Gasteiger partial charge in [0.05, 0.1) is 24.3 Å². The Hall–Kier alpha value is -3.09. The van der Waals surface area contributed by atoms with Gasteiger partial charge in [-0.15, -0.1) is 0 Å². The number of carbonyl (C=O) groups is 2. The molecule has 0 saturated carbocycles. The first kappa shape index (κ1) is 16.3. The Balaban J connectivity index is 2.56. The lowest BCUT2D eigenvalue weighted by molar-refractivity contribution is -0.305. The second-order valence-corrected chi connectivity index (χ2v) is 4.73. The Bertz CT molecular complexity index is 791. The number of ether oxygens (including phenoxy) is 1. The van der Waals surface area contributed by atoms with E-state index in [9.17, 15) is 24.6 Å². The van der Waals surface area contributed by atoms with Crippen LogP contribution in [0.3, 0.4) is 0 Å². The number of nitrogens with zero attached hydrogens (tertiary/aromatic N) is 1. The van der Waals surface area contributed by atoms with Gasteiger partial charge in [0.15, 0.2) is 0 Å². The van der Waals surface area contributed by atoms with Gasteiger partial charge in [0.1, 0.15) is 5.75 Å². The topological polar surface area (TPSA) is 111 Å². The fourth-order valence-corrected chi connectivity index (χ4v) is 2.17. The van der Waals surface area contributed by atoms with Crippen LogP contribution in [-0.2, 0) is 11.3 Å². The van der Waals surface area contributed by atoms with Gasteiger partial charge in [0.25, 0.3) is 5.56 Å². The molecule has 0 saturated heterocycles. The van der Waals surface area contributed by atoms with Crippen LogP contribution in [0.4, 0.5) is 0 Å². The van der Waals surface area contributed by atoms with Crippen LogP contribution >= 0.6 is 0 Å². The van der Waals surface area contributed by atoms with E-state index in [4.69, 9.17) is 4.74 Å². The van der Waals surface area contributed by atoms with E-state index >= 15 is 0 Å². The van der Waals surface area contributed by atoms with Gasteiger partial charge in [-0.25, -0.2) is 0 Å². The largest absolute Gasteiger partial charge is 0.550 e. The van der Waals surface area contributed by atoms with E-state index in [2.05, 4.69) is 0 Å². The maximum absolute atomic E-state index is 12.2. The average Bonchev–Trinajstić information content (AvgIpc) is 2.53. The molecule has 1 aromatic heterocycles. The zero-order valence-corrected chi connectivity index (χ0v) is 12.3. The van der Waals surface area contributed by atoms with Gasteiger partial charge in [-0.3, -0.25) is 4.79 Å². The molecule has 0 N–H and O–H groups in total. The van der Waals surface area contributed by atoms with Gasteiger partial charge in [-0.05, 0) is 42.0 Å². The van der Waals surface area contributed by atoms with E-state index in [0.29, 0.717) is 17.0 Å². The fourth-order valence-electron chi connectivity index (χ4n) is 2.17. The molecule has 2 rings (SSSR count). The summed E-state index contributed by atoms with van der Waals surface area (Å²) in [5, 5.41) is 21.6. The summed E-state index contributed by atoms with van der Waals surface area (Å²) in [4.78, 5) is 33.9. The summed E-state index contributed by atoms with van der Waals surface area (Å²) in [6.07, 6.45) is -0.417. The van der Waals surface area contributed by atoms with Crippen molar-refractivity contribution in [1.82, 2.24) is 4.57 Å². The molecule has 0 atom stereocenters. The van der Waals surface area contributed by atoms with Gasteiger partial charge in [0, 0.05) is 18.9 Å². The van der Waals surface area contributed by atoms with Crippen molar-refractivity contribution in [3.8, 4) is 17.0 Å². The monoisotopic (exact) mass is 315 g/mol. The fraction of sp³-hybridized carbons (Fsp3) is 0.188. The molecule has 1 aromatic carbocycles. The molecule has 120 valence electrons. The van der Waals surface area contributed by atoms with E-state index in [-0.39, 0.29) is 6.54 Å². The van der Waals surface area contributed by atoms with E-state index in [1.54, 1.807) is 24.3 Å². The lowest BCUT2D eigenvalue weighted by Crippen LogP contribution is -2.35. The van der Waals surface area contributed by atoms with Crippen LogP contribution in [0, 0.1) is 0 Å². The highest BCUT2D eigenvalue weighted by atomic mass is 16.5. The minimum Gasteiger partial charge on any atom is -0.550 e. The predicted molar refractivity (Wildman–Crippen MR) is 76.6 cm³/mol. The number of hydrogen-bond acceptors (Lipinski definition) is 6. The summed E-state index contributed by atoms with van der Waals surface area (Å²) in [5.74, 6) is -2.33. The molecule has 0 bridgehead atoms. The third-order valence-corrected chi connectivity index (χ3v) is 3.32. The molecule has 0 fully saturated rings. The molecular weight excluding hydrogens is 302 g/mol. The quantitative estimate of drug-likeness (QED) is 0.678. The number of rotatable bonds is 6. The third kappa shape index (κ3) is 3.57. The molecule has 23 heavy (non-hydrogen) atoms. The first-order valence-corrected chi connectivity index (χ1v) is 6.73. The van der Waals surface area contributed by atoms with E-state index in [1.165, 1.54) is 13.2 Å². The summed E-state index contributed by atoms with van der Waals surface area (Å²) in [6, 6.07) is 9.30. The van der Waals surface area contributed by atoms with Crippen molar-refractivity contribution in [3.05, 3.63) is 52.3 Å². The summed E-state index contributed by atoms with van der Waals surface area (Å²) in [6.45, 7) is -0.205. The van der Waals surface area contributed by atoms with Gasteiger partial charge in [-0.1, -0.05) is 0 Å². The lowest BCUT2D eigenvalue weighted by atomic mass is 10.1. The van der Waals surface area contributed by atoms with Crippen molar-refractivity contribution in [2.45, 2.75) is 13.0 Å². The highest BCUT2D eigenvalue weighted by Crippen LogP contribution is 2.22. The van der Waals surface area contributed by atoms with Crippen LogP contribution in [-0.4, -0.2) is 23.6 Å². The molecule has 0 amide bonds. The smallest absolute Gasteiger partial charge is 0.260 e. The Morgan fingerprint density at radius 1 is 1.09 bits per heavy atom. The number of methoxy groups -OCH3 is 1. The molecular formula is C16H13NO6-2. The molecule has 0 radical (unpaired) electrons. The van der Waals surface area contributed by atoms with E-state index in [1.807, 2.05) is 0 Å². The van der Waals surface area contributed by atoms with Crippen LogP contribution in [0.1, 0.15) is 16.8 Å². The number of carbonyl (C=O) groups excluding carboxylic acids is 2. The van der Waals surface area contributed by atoms with Crippen LogP contribution < -0.4 is 20.5 Å². The molecule has 7 heteroatoms. The van der Waals surface area contributed by atoms with Crippen molar-refractivity contribution < 1.29 is 24.5 Å². The highest BCUT2D eigenvalue weighted by molar-refractivity contribution is 5.85. The lowest BCUT2D eigenvalue weighted by Gasteiger charge is -2.16. The normalized spacial score (nSPS) is 10.3. The minimum atomic E-state index is -1.61. The Morgan fingerprint density at radius 3 is 2.26 bits per heavy atom. The first-order valence-electron chi connectivity index (χ1n) is 6.73. The highest BCUT2D eigenvalue weighted by Gasteiger charge is 2.11. The number of benzene rings is 1. The Kier molecular flexibility index (Phi) is 4.80. The number of carboxylic acids is 2. The van der Waals surface area contributed by atoms with Crippen molar-refractivity contribution in [2.75, 3.05) is 7.11 Å². The molecule has 7 nitrogen and oxygen atoms in total. The molecule has 0 spiro atoms. The summed E-state index contributed by atoms with van der Waals surface area (Å²) < 4.78 is 6.13. The van der Waals surface area contributed by atoms with Crippen LogP contribution in [0.15, 0.2) is 41.2 Å². The molecule has 1 heterocycles. The van der Waals surface area contributed by atoms with Crippen molar-refractivity contribution in [2.24, 2.45) is 0 Å². The zero-order chi connectivity index (χ0) is 17.0. The number of hydrogen-bond donors (Lipinski definition) is 0. The maximum Gasteiger partial charge on any atom is 0.260 e. The van der Waals surface area contributed by atoms with E-state index in [0.717, 1.165) is 10.6 Å². The minimum absolute atomic E-state index is 0.205. The number of aromatic carboxylic acids is 1. The van der Waals surface area contributed by atoms with Gasteiger partial charge in [0.2, 0.25) is 0 Å². The molecule has 0 aliphatic carbocycles. The molecule has 0 aliphatic heterocycles. The first-order chi connectivity index (χ1) is 10.9. The average molecular weight is 315 g/mol.